The van der Waals surface area contributed by atoms with Crippen molar-refractivity contribution >= 4 is 12.4 Å². The maximum Gasteiger partial charge on any atom is 0.122 e. The molecule has 1 N–H and O–H groups in total. The predicted octanol–water partition coefficient (Wildman–Crippen LogP) is 2.58. The molecule has 0 fully saturated rings. The third kappa shape index (κ3) is 2.86. The van der Waals surface area contributed by atoms with Crippen molar-refractivity contribution in [2.75, 3.05) is 20.2 Å². The number of halogens is 1. The summed E-state index contributed by atoms with van der Waals surface area (Å²) < 4.78 is 5.61. The first kappa shape index (κ1) is 12.3. The molecule has 1 unspecified atom stereocenters. The molecule has 1 aliphatic heterocycles. The van der Waals surface area contributed by atoms with Gasteiger partial charge in [-0.05, 0) is 44.0 Å². The highest BCUT2D eigenvalue weighted by Crippen LogP contribution is 2.34. The van der Waals surface area contributed by atoms with Gasteiger partial charge in [-0.1, -0.05) is 18.2 Å². The van der Waals surface area contributed by atoms with Crippen LogP contribution in [0.1, 0.15) is 24.3 Å². The molecular formula is C12H18ClNO. The van der Waals surface area contributed by atoms with Gasteiger partial charge < -0.3 is 10.1 Å². The van der Waals surface area contributed by atoms with Crippen molar-refractivity contribution in [3.8, 4) is 5.75 Å². The van der Waals surface area contributed by atoms with Gasteiger partial charge in [0.1, 0.15) is 5.75 Å². The summed E-state index contributed by atoms with van der Waals surface area (Å²) in [6.45, 7) is 1.95. The minimum Gasteiger partial charge on any atom is -0.493 e. The van der Waals surface area contributed by atoms with Gasteiger partial charge in [0.15, 0.2) is 0 Å². The molecule has 1 aliphatic rings. The van der Waals surface area contributed by atoms with E-state index in [1.54, 1.807) is 0 Å². The minimum absolute atomic E-state index is 0. The number of rotatable bonds is 3. The van der Waals surface area contributed by atoms with E-state index < -0.39 is 0 Å². The van der Waals surface area contributed by atoms with Crippen LogP contribution < -0.4 is 10.1 Å². The van der Waals surface area contributed by atoms with Crippen LogP contribution >= 0.6 is 12.4 Å². The lowest BCUT2D eigenvalue weighted by Gasteiger charge is -2.25. The van der Waals surface area contributed by atoms with Crippen LogP contribution in [0.2, 0.25) is 0 Å². The summed E-state index contributed by atoms with van der Waals surface area (Å²) in [4.78, 5) is 0. The fourth-order valence-electron chi connectivity index (χ4n) is 2.03. The molecule has 1 aromatic carbocycles. The van der Waals surface area contributed by atoms with E-state index in [0.717, 1.165) is 25.3 Å². The average Bonchev–Trinajstić information content (AvgIpc) is 2.26. The Kier molecular flexibility index (Phi) is 4.92. The maximum atomic E-state index is 5.61. The van der Waals surface area contributed by atoms with Crippen LogP contribution in [0, 0.1) is 0 Å². The van der Waals surface area contributed by atoms with E-state index in [0.29, 0.717) is 5.92 Å². The van der Waals surface area contributed by atoms with Gasteiger partial charge in [0.2, 0.25) is 0 Å². The Bertz CT molecular complexity index is 303. The molecule has 0 saturated carbocycles. The Morgan fingerprint density at radius 2 is 2.20 bits per heavy atom. The van der Waals surface area contributed by atoms with Crippen LogP contribution in [0.5, 0.6) is 5.75 Å². The first-order chi connectivity index (χ1) is 6.92. The second-order valence-electron chi connectivity index (χ2n) is 3.76. The molecule has 1 aromatic rings. The molecule has 1 atom stereocenters. The van der Waals surface area contributed by atoms with Gasteiger partial charge >= 0.3 is 0 Å². The smallest absolute Gasteiger partial charge is 0.122 e. The van der Waals surface area contributed by atoms with Crippen molar-refractivity contribution in [3.63, 3.8) is 0 Å². The van der Waals surface area contributed by atoms with Gasteiger partial charge in [-0.25, -0.2) is 0 Å². The molecule has 0 aliphatic carbocycles. The van der Waals surface area contributed by atoms with Crippen LogP contribution in [0.3, 0.4) is 0 Å². The second kappa shape index (κ2) is 5.99. The highest BCUT2D eigenvalue weighted by molar-refractivity contribution is 5.85. The summed E-state index contributed by atoms with van der Waals surface area (Å²) >= 11 is 0. The zero-order chi connectivity index (χ0) is 9.80. The Morgan fingerprint density at radius 3 is 3.00 bits per heavy atom. The number of hydrogen-bond acceptors (Lipinski definition) is 2. The lowest BCUT2D eigenvalue weighted by Crippen LogP contribution is -2.18. The SMILES string of the molecule is CNCCC1CCOc2ccccc21.Cl. The molecule has 0 amide bonds. The van der Waals surface area contributed by atoms with Gasteiger partial charge in [-0.15, -0.1) is 12.4 Å². The van der Waals surface area contributed by atoms with E-state index in [-0.39, 0.29) is 12.4 Å². The summed E-state index contributed by atoms with van der Waals surface area (Å²) in [5.41, 5.74) is 1.38. The van der Waals surface area contributed by atoms with Gasteiger partial charge in [0.05, 0.1) is 6.61 Å². The standard InChI is InChI=1S/C12H17NO.ClH/c1-13-8-6-10-7-9-14-12-5-3-2-4-11(10)12;/h2-5,10,13H,6-9H2,1H3;1H. The highest BCUT2D eigenvalue weighted by atomic mass is 35.5. The van der Waals surface area contributed by atoms with Crippen molar-refractivity contribution in [3.05, 3.63) is 29.8 Å². The molecule has 0 radical (unpaired) electrons. The van der Waals surface area contributed by atoms with Gasteiger partial charge in [-0.2, -0.15) is 0 Å². The molecule has 15 heavy (non-hydrogen) atoms. The molecule has 2 rings (SSSR count). The Balaban J connectivity index is 0.00000112. The third-order valence-corrected chi connectivity index (χ3v) is 2.83. The number of ether oxygens (including phenoxy) is 1. The number of para-hydroxylation sites is 1. The normalized spacial score (nSPS) is 18.6. The third-order valence-electron chi connectivity index (χ3n) is 2.83. The largest absolute Gasteiger partial charge is 0.493 e. The molecule has 0 aromatic heterocycles. The Hall–Kier alpha value is -0.730. The van der Waals surface area contributed by atoms with Crippen molar-refractivity contribution in [1.29, 1.82) is 0 Å². The monoisotopic (exact) mass is 227 g/mol. The van der Waals surface area contributed by atoms with Crippen molar-refractivity contribution in [1.82, 2.24) is 5.32 Å². The minimum atomic E-state index is 0. The number of nitrogens with one attached hydrogen (secondary N) is 1. The molecule has 2 nitrogen and oxygen atoms in total. The molecule has 0 spiro atoms. The highest BCUT2D eigenvalue weighted by Gasteiger charge is 2.19. The van der Waals surface area contributed by atoms with E-state index in [1.165, 1.54) is 12.0 Å². The molecular weight excluding hydrogens is 210 g/mol. The Morgan fingerprint density at radius 1 is 1.40 bits per heavy atom. The molecule has 1 heterocycles. The Labute approximate surface area is 97.4 Å². The molecule has 3 heteroatoms. The van der Waals surface area contributed by atoms with Crippen LogP contribution in [-0.4, -0.2) is 20.2 Å². The fraction of sp³-hybridized carbons (Fsp3) is 0.500. The van der Waals surface area contributed by atoms with Crippen LogP contribution in [0.4, 0.5) is 0 Å². The van der Waals surface area contributed by atoms with E-state index in [2.05, 4.69) is 23.5 Å². The van der Waals surface area contributed by atoms with Crippen LogP contribution in [0.15, 0.2) is 24.3 Å². The van der Waals surface area contributed by atoms with E-state index >= 15 is 0 Å². The number of hydrogen-bond donors (Lipinski definition) is 1. The topological polar surface area (TPSA) is 21.3 Å². The quantitative estimate of drug-likeness (QED) is 0.857. The summed E-state index contributed by atoms with van der Waals surface area (Å²) in [7, 11) is 2.01. The van der Waals surface area contributed by atoms with Gasteiger partial charge in [0, 0.05) is 0 Å². The summed E-state index contributed by atoms with van der Waals surface area (Å²) in [6, 6.07) is 8.40. The first-order valence-electron chi connectivity index (χ1n) is 5.28. The zero-order valence-corrected chi connectivity index (χ0v) is 9.85. The predicted molar refractivity (Wildman–Crippen MR) is 65.1 cm³/mol. The number of benzene rings is 1. The van der Waals surface area contributed by atoms with Crippen LogP contribution in [-0.2, 0) is 0 Å². The van der Waals surface area contributed by atoms with E-state index in [9.17, 15) is 0 Å². The average molecular weight is 228 g/mol. The van der Waals surface area contributed by atoms with Gasteiger partial charge in [0.25, 0.3) is 0 Å². The maximum absolute atomic E-state index is 5.61. The van der Waals surface area contributed by atoms with Crippen molar-refractivity contribution in [2.24, 2.45) is 0 Å². The molecule has 0 bridgehead atoms. The molecule has 84 valence electrons. The lowest BCUT2D eigenvalue weighted by molar-refractivity contribution is 0.263. The van der Waals surface area contributed by atoms with Crippen molar-refractivity contribution < 1.29 is 4.74 Å². The zero-order valence-electron chi connectivity index (χ0n) is 9.03. The van der Waals surface area contributed by atoms with E-state index in [4.69, 9.17) is 4.74 Å². The first-order valence-corrected chi connectivity index (χ1v) is 5.28. The fourth-order valence-corrected chi connectivity index (χ4v) is 2.03. The summed E-state index contributed by atoms with van der Waals surface area (Å²) in [5, 5.41) is 3.20. The molecule has 0 saturated heterocycles. The van der Waals surface area contributed by atoms with Crippen LogP contribution in [0.25, 0.3) is 0 Å². The second-order valence-corrected chi connectivity index (χ2v) is 3.76. The summed E-state index contributed by atoms with van der Waals surface area (Å²) in [5.74, 6) is 1.76. The van der Waals surface area contributed by atoms with Gasteiger partial charge in [-0.3, -0.25) is 0 Å². The van der Waals surface area contributed by atoms with Crippen molar-refractivity contribution in [2.45, 2.75) is 18.8 Å². The lowest BCUT2D eigenvalue weighted by atomic mass is 9.90. The van der Waals surface area contributed by atoms with E-state index in [1.807, 2.05) is 13.1 Å². The number of fused-ring (bicyclic) bond motifs is 1. The summed E-state index contributed by atoms with van der Waals surface area (Å²) in [6.07, 6.45) is 2.36.